The average molecular weight is 385 g/mol. The third kappa shape index (κ3) is 4.00. The molecule has 1 aromatic carbocycles. The molecule has 2 heterocycles. The number of hydrogen-bond acceptors (Lipinski definition) is 5. The van der Waals surface area contributed by atoms with Gasteiger partial charge in [0.2, 0.25) is 11.8 Å². The zero-order valence-electron chi connectivity index (χ0n) is 15.4. The van der Waals surface area contributed by atoms with E-state index in [1.54, 1.807) is 4.90 Å². The monoisotopic (exact) mass is 385 g/mol. The number of carbonyl (C=O) groups excluding carboxylic acids is 2. The summed E-state index contributed by atoms with van der Waals surface area (Å²) in [6.45, 7) is 3.63. The van der Waals surface area contributed by atoms with Gasteiger partial charge in [-0.05, 0) is 44.4 Å². The summed E-state index contributed by atoms with van der Waals surface area (Å²) in [5, 5.41) is 12.3. The van der Waals surface area contributed by atoms with Crippen LogP contribution in [0.25, 0.3) is 0 Å². The number of nitrogens with one attached hydrogen (secondary N) is 1. The molecule has 7 nitrogen and oxygen atoms in total. The predicted octanol–water partition coefficient (Wildman–Crippen LogP) is 3.03. The highest BCUT2D eigenvalue weighted by atomic mass is 32.2. The lowest BCUT2D eigenvalue weighted by molar-refractivity contribution is -0.117. The number of rotatable bonds is 7. The highest BCUT2D eigenvalue weighted by Crippen LogP contribution is 2.40. The quantitative estimate of drug-likeness (QED) is 0.741. The van der Waals surface area contributed by atoms with Gasteiger partial charge in [-0.15, -0.1) is 10.2 Å². The summed E-state index contributed by atoms with van der Waals surface area (Å²) in [5.74, 6) is 1.90. The highest BCUT2D eigenvalue weighted by molar-refractivity contribution is 7.99. The molecule has 1 saturated heterocycles. The van der Waals surface area contributed by atoms with Crippen LogP contribution in [0.2, 0.25) is 0 Å². The number of hydrogen-bond donors (Lipinski definition) is 1. The van der Waals surface area contributed by atoms with Crippen LogP contribution in [0.3, 0.4) is 0 Å². The zero-order chi connectivity index (χ0) is 18.8. The molecule has 0 unspecified atom stereocenters. The van der Waals surface area contributed by atoms with Crippen molar-refractivity contribution < 1.29 is 9.59 Å². The van der Waals surface area contributed by atoms with E-state index in [1.165, 1.54) is 24.6 Å². The van der Waals surface area contributed by atoms with Gasteiger partial charge >= 0.3 is 0 Å². The number of carbonyl (C=O) groups is 2. The molecular weight excluding hydrogens is 362 g/mol. The van der Waals surface area contributed by atoms with E-state index in [2.05, 4.69) is 27.0 Å². The van der Waals surface area contributed by atoms with Crippen LogP contribution < -0.4 is 10.2 Å². The van der Waals surface area contributed by atoms with Gasteiger partial charge in [-0.2, -0.15) is 0 Å². The summed E-state index contributed by atoms with van der Waals surface area (Å²) >= 11 is 1.41. The Balaban J connectivity index is 1.36. The molecule has 1 saturated carbocycles. The molecule has 2 aromatic rings. The maximum absolute atomic E-state index is 12.4. The minimum atomic E-state index is -0.0940. The maximum atomic E-state index is 12.4. The Morgan fingerprint density at radius 1 is 1.33 bits per heavy atom. The molecular formula is C19H23N5O2S. The average Bonchev–Trinajstić information content (AvgIpc) is 3.28. The number of benzene rings is 1. The first-order chi connectivity index (χ1) is 13.2. The summed E-state index contributed by atoms with van der Waals surface area (Å²) in [6.07, 6.45) is 3.83. The normalized spacial score (nSPS) is 16.8. The molecule has 1 aliphatic carbocycles. The minimum absolute atomic E-state index is 0.0940. The van der Waals surface area contributed by atoms with Gasteiger partial charge in [0.1, 0.15) is 5.82 Å². The predicted molar refractivity (Wildman–Crippen MR) is 105 cm³/mol. The van der Waals surface area contributed by atoms with Crippen molar-refractivity contribution in [2.24, 2.45) is 0 Å². The number of aromatic nitrogens is 3. The van der Waals surface area contributed by atoms with Crippen molar-refractivity contribution in [3.8, 4) is 0 Å². The first-order valence-electron chi connectivity index (χ1n) is 9.42. The van der Waals surface area contributed by atoms with Crippen LogP contribution in [0, 0.1) is 0 Å². The van der Waals surface area contributed by atoms with E-state index < -0.39 is 0 Å². The molecule has 142 valence electrons. The van der Waals surface area contributed by atoms with Gasteiger partial charge in [0.05, 0.1) is 5.75 Å². The summed E-state index contributed by atoms with van der Waals surface area (Å²) < 4.78 is 2.11. The third-order valence-corrected chi connectivity index (χ3v) is 5.82. The largest absolute Gasteiger partial charge is 0.325 e. The zero-order valence-corrected chi connectivity index (χ0v) is 16.2. The summed E-state index contributed by atoms with van der Waals surface area (Å²) in [4.78, 5) is 26.0. The van der Waals surface area contributed by atoms with Crippen molar-refractivity contribution in [1.82, 2.24) is 14.8 Å². The van der Waals surface area contributed by atoms with Crippen molar-refractivity contribution in [1.29, 1.82) is 0 Å². The first-order valence-corrected chi connectivity index (χ1v) is 10.4. The van der Waals surface area contributed by atoms with Crippen LogP contribution in [0.4, 0.5) is 11.4 Å². The molecule has 1 aromatic heterocycles. The molecule has 2 amide bonds. The number of amides is 2. The molecule has 2 fully saturated rings. The Bertz CT molecular complexity index is 862. The van der Waals surface area contributed by atoms with Crippen molar-refractivity contribution >= 4 is 35.0 Å². The molecule has 0 atom stereocenters. The fourth-order valence-electron chi connectivity index (χ4n) is 3.35. The van der Waals surface area contributed by atoms with Crippen molar-refractivity contribution in [3.63, 3.8) is 0 Å². The van der Waals surface area contributed by atoms with Crippen LogP contribution in [-0.4, -0.2) is 38.9 Å². The number of anilines is 2. The minimum Gasteiger partial charge on any atom is -0.325 e. The fourth-order valence-corrected chi connectivity index (χ4v) is 4.16. The summed E-state index contributed by atoms with van der Waals surface area (Å²) in [6, 6.07) is 7.45. The van der Waals surface area contributed by atoms with Crippen LogP contribution in [-0.2, 0) is 16.1 Å². The van der Waals surface area contributed by atoms with Crippen molar-refractivity contribution in [2.75, 3.05) is 22.5 Å². The lowest BCUT2D eigenvalue weighted by Crippen LogP contribution is -2.23. The van der Waals surface area contributed by atoms with Crippen LogP contribution in [0.5, 0.6) is 0 Å². The first kappa shape index (κ1) is 18.0. The van der Waals surface area contributed by atoms with Gasteiger partial charge in [0, 0.05) is 36.8 Å². The lowest BCUT2D eigenvalue weighted by atomic mass is 10.2. The fraction of sp³-hybridized carbons (Fsp3) is 0.474. The maximum Gasteiger partial charge on any atom is 0.234 e. The van der Waals surface area contributed by atoms with Gasteiger partial charge < -0.3 is 14.8 Å². The Morgan fingerprint density at radius 3 is 2.89 bits per heavy atom. The van der Waals surface area contributed by atoms with Crippen LogP contribution >= 0.6 is 11.8 Å². The molecule has 0 bridgehead atoms. The topological polar surface area (TPSA) is 80.1 Å². The van der Waals surface area contributed by atoms with Gasteiger partial charge in [-0.3, -0.25) is 9.59 Å². The van der Waals surface area contributed by atoms with Gasteiger partial charge in [-0.1, -0.05) is 17.8 Å². The highest BCUT2D eigenvalue weighted by Gasteiger charge is 2.30. The second kappa shape index (κ2) is 7.72. The molecule has 4 rings (SSSR count). The Hall–Kier alpha value is -2.35. The van der Waals surface area contributed by atoms with E-state index in [0.29, 0.717) is 18.0 Å². The molecule has 0 radical (unpaired) electrons. The Morgan fingerprint density at radius 2 is 2.19 bits per heavy atom. The third-order valence-electron chi connectivity index (χ3n) is 4.85. The van der Waals surface area contributed by atoms with Gasteiger partial charge in [-0.25, -0.2) is 0 Å². The van der Waals surface area contributed by atoms with Gasteiger partial charge in [0.25, 0.3) is 0 Å². The van der Waals surface area contributed by atoms with Crippen molar-refractivity contribution in [3.05, 3.63) is 30.1 Å². The molecule has 27 heavy (non-hydrogen) atoms. The number of thioether (sulfide) groups is 1. The summed E-state index contributed by atoms with van der Waals surface area (Å²) in [5.41, 5.74) is 1.54. The van der Waals surface area contributed by atoms with E-state index in [4.69, 9.17) is 0 Å². The lowest BCUT2D eigenvalue weighted by Gasteiger charge is -2.16. The molecule has 8 heteroatoms. The molecule has 1 aliphatic heterocycles. The molecule has 1 N–H and O–H groups in total. The number of nitrogens with zero attached hydrogens (tertiary/aromatic N) is 4. The van der Waals surface area contributed by atoms with E-state index in [0.717, 1.165) is 36.2 Å². The molecule has 0 spiro atoms. The smallest absolute Gasteiger partial charge is 0.234 e. The molecule has 2 aliphatic rings. The summed E-state index contributed by atoms with van der Waals surface area (Å²) in [7, 11) is 0. The SMILES string of the molecule is CCn1c(SCC(=O)Nc2cccc(N3CCCC3=O)c2)nnc1C1CC1. The van der Waals surface area contributed by atoms with E-state index in [9.17, 15) is 9.59 Å². The second-order valence-corrected chi connectivity index (χ2v) is 7.84. The van der Waals surface area contributed by atoms with E-state index in [1.807, 2.05) is 24.3 Å². The van der Waals surface area contributed by atoms with Crippen molar-refractivity contribution in [2.45, 2.75) is 50.2 Å². The van der Waals surface area contributed by atoms with Crippen LogP contribution in [0.15, 0.2) is 29.4 Å². The standard InChI is InChI=1S/C19H23N5O2S/c1-2-23-18(13-8-9-13)21-22-19(23)27-12-16(25)20-14-5-3-6-15(11-14)24-10-4-7-17(24)26/h3,5-6,11,13H,2,4,7-10,12H2,1H3,(H,20,25). The Kier molecular flexibility index (Phi) is 5.15. The van der Waals surface area contributed by atoms with Gasteiger partial charge in [0.15, 0.2) is 5.16 Å². The Labute approximate surface area is 162 Å². The second-order valence-electron chi connectivity index (χ2n) is 6.90. The van der Waals surface area contributed by atoms with Crippen LogP contribution in [0.1, 0.15) is 44.3 Å². The van der Waals surface area contributed by atoms with E-state index >= 15 is 0 Å². The van der Waals surface area contributed by atoms with E-state index in [-0.39, 0.29) is 17.6 Å².